The summed E-state index contributed by atoms with van der Waals surface area (Å²) in [5.41, 5.74) is 0.152. The number of halogens is 2. The monoisotopic (exact) mass is 342 g/mol. The predicted octanol–water partition coefficient (Wildman–Crippen LogP) is 3.14. The van der Waals surface area contributed by atoms with E-state index in [1.807, 2.05) is 0 Å². The smallest absolute Gasteiger partial charge is 0.256 e. The van der Waals surface area contributed by atoms with Gasteiger partial charge < -0.3 is 4.90 Å². The first-order chi connectivity index (χ1) is 9.56. The highest BCUT2D eigenvalue weighted by Gasteiger charge is 2.30. The number of hydrogen-bond acceptors (Lipinski definition) is 2. The summed E-state index contributed by atoms with van der Waals surface area (Å²) in [5, 5.41) is 0. The fraction of sp³-hybridized carbons (Fsp3) is 0.533. The molecule has 1 unspecified atom stereocenters. The number of amides is 1. The van der Waals surface area contributed by atoms with Gasteiger partial charge >= 0.3 is 0 Å². The maximum Gasteiger partial charge on any atom is 0.256 e. The molecule has 3 nitrogen and oxygen atoms in total. The molecule has 5 heteroatoms. The molecule has 1 atom stereocenters. The first kappa shape index (κ1) is 15.4. The van der Waals surface area contributed by atoms with Gasteiger partial charge in [-0.15, -0.1) is 0 Å². The maximum atomic E-state index is 13.8. The summed E-state index contributed by atoms with van der Waals surface area (Å²) in [7, 11) is 0. The van der Waals surface area contributed by atoms with Crippen LogP contribution in [0, 0.1) is 5.82 Å². The molecule has 20 heavy (non-hydrogen) atoms. The van der Waals surface area contributed by atoms with Crippen molar-refractivity contribution in [1.82, 2.24) is 9.80 Å². The Labute approximate surface area is 127 Å². The van der Waals surface area contributed by atoms with Gasteiger partial charge in [0.15, 0.2) is 0 Å². The van der Waals surface area contributed by atoms with Crippen LogP contribution in [-0.4, -0.2) is 47.9 Å². The minimum atomic E-state index is -0.454. The van der Waals surface area contributed by atoms with E-state index < -0.39 is 5.82 Å². The fourth-order valence-electron chi connectivity index (χ4n) is 2.80. The van der Waals surface area contributed by atoms with Gasteiger partial charge in [0.25, 0.3) is 5.91 Å². The quantitative estimate of drug-likeness (QED) is 0.839. The molecule has 1 amide bonds. The van der Waals surface area contributed by atoms with Crippen molar-refractivity contribution >= 4 is 21.8 Å². The lowest BCUT2D eigenvalue weighted by Crippen LogP contribution is -2.38. The van der Waals surface area contributed by atoms with Crippen molar-refractivity contribution in [3.63, 3.8) is 0 Å². The molecule has 0 radical (unpaired) electrons. The third kappa shape index (κ3) is 3.20. The van der Waals surface area contributed by atoms with Gasteiger partial charge in [-0.1, -0.05) is 29.8 Å². The van der Waals surface area contributed by atoms with E-state index in [9.17, 15) is 9.18 Å². The van der Waals surface area contributed by atoms with Gasteiger partial charge in [0.2, 0.25) is 0 Å². The Balaban J connectivity index is 2.10. The van der Waals surface area contributed by atoms with Crippen LogP contribution < -0.4 is 0 Å². The first-order valence-corrected chi connectivity index (χ1v) is 7.84. The van der Waals surface area contributed by atoms with Crippen LogP contribution >= 0.6 is 15.9 Å². The summed E-state index contributed by atoms with van der Waals surface area (Å²) >= 11 is 3.29. The summed E-state index contributed by atoms with van der Waals surface area (Å²) in [5.74, 6) is -0.664. The molecule has 1 aliphatic rings. The number of likely N-dealkylation sites (N-methyl/N-ethyl adjacent to an activating group) is 1. The highest BCUT2D eigenvalue weighted by atomic mass is 79.9. The summed E-state index contributed by atoms with van der Waals surface area (Å²) < 4.78 is 14.5. The molecule has 1 aliphatic heterocycles. The molecule has 0 saturated carbocycles. The Morgan fingerprint density at radius 2 is 2.15 bits per heavy atom. The van der Waals surface area contributed by atoms with Gasteiger partial charge in [-0.2, -0.15) is 0 Å². The molecule has 0 aliphatic carbocycles. The largest absolute Gasteiger partial charge is 0.337 e. The molecule has 0 N–H and O–H groups in total. The van der Waals surface area contributed by atoms with Gasteiger partial charge in [-0.25, -0.2) is 4.39 Å². The Morgan fingerprint density at radius 3 is 2.80 bits per heavy atom. The Morgan fingerprint density at radius 1 is 1.45 bits per heavy atom. The average molecular weight is 343 g/mol. The third-order valence-electron chi connectivity index (χ3n) is 3.94. The van der Waals surface area contributed by atoms with Crippen LogP contribution in [0.25, 0.3) is 0 Å². The van der Waals surface area contributed by atoms with E-state index in [0.29, 0.717) is 19.1 Å². The number of carbonyl (C=O) groups is 1. The topological polar surface area (TPSA) is 23.6 Å². The maximum absolute atomic E-state index is 13.8. The van der Waals surface area contributed by atoms with Gasteiger partial charge in [0.1, 0.15) is 5.82 Å². The molecular formula is C15H20BrFN2O. The molecule has 2 rings (SSSR count). The molecule has 0 bridgehead atoms. The molecule has 1 aromatic carbocycles. The van der Waals surface area contributed by atoms with E-state index in [4.69, 9.17) is 0 Å². The zero-order valence-corrected chi connectivity index (χ0v) is 13.5. The number of carbonyl (C=O) groups excluding carboxylic acids is 1. The minimum absolute atomic E-state index is 0.152. The van der Waals surface area contributed by atoms with E-state index in [0.717, 1.165) is 24.0 Å². The molecule has 0 aromatic heterocycles. The van der Waals surface area contributed by atoms with Crippen molar-refractivity contribution in [2.45, 2.75) is 26.3 Å². The van der Waals surface area contributed by atoms with Crippen LogP contribution in [-0.2, 0) is 0 Å². The van der Waals surface area contributed by atoms with E-state index in [1.54, 1.807) is 17.0 Å². The number of benzene rings is 1. The standard InChI is InChI=1S/C15H20BrFN2O/c1-3-18(4-2)12-7-8-19(10-12)15(20)13-9-11(16)5-6-14(13)17/h5-6,9,12H,3-4,7-8,10H2,1-2H3. The SMILES string of the molecule is CCN(CC)C1CCN(C(=O)c2cc(Br)ccc2F)C1. The van der Waals surface area contributed by atoms with Gasteiger partial charge in [0.05, 0.1) is 5.56 Å². The van der Waals surface area contributed by atoms with Crippen molar-refractivity contribution in [2.24, 2.45) is 0 Å². The summed E-state index contributed by atoms with van der Waals surface area (Å²) in [6.45, 7) is 7.60. The van der Waals surface area contributed by atoms with E-state index >= 15 is 0 Å². The second kappa shape index (κ2) is 6.68. The van der Waals surface area contributed by atoms with E-state index in [2.05, 4.69) is 34.7 Å². The molecular weight excluding hydrogens is 323 g/mol. The summed E-state index contributed by atoms with van der Waals surface area (Å²) in [6.07, 6.45) is 0.961. The molecule has 1 fully saturated rings. The molecule has 1 aromatic rings. The highest BCUT2D eigenvalue weighted by molar-refractivity contribution is 9.10. The Hall–Kier alpha value is -0.940. The predicted molar refractivity (Wildman–Crippen MR) is 81.3 cm³/mol. The summed E-state index contributed by atoms with van der Waals surface area (Å²) in [4.78, 5) is 16.5. The van der Waals surface area contributed by atoms with Crippen molar-refractivity contribution in [2.75, 3.05) is 26.2 Å². The number of hydrogen-bond donors (Lipinski definition) is 0. The molecule has 1 saturated heterocycles. The summed E-state index contributed by atoms with van der Waals surface area (Å²) in [6, 6.07) is 4.89. The zero-order valence-electron chi connectivity index (χ0n) is 11.9. The average Bonchev–Trinajstić information content (AvgIpc) is 2.92. The van der Waals surface area contributed by atoms with Crippen molar-refractivity contribution in [3.05, 3.63) is 34.1 Å². The molecule has 110 valence electrons. The van der Waals surface area contributed by atoms with Gasteiger partial charge in [-0.05, 0) is 37.7 Å². The third-order valence-corrected chi connectivity index (χ3v) is 4.43. The first-order valence-electron chi connectivity index (χ1n) is 7.05. The van der Waals surface area contributed by atoms with Crippen LogP contribution in [0.3, 0.4) is 0 Å². The van der Waals surface area contributed by atoms with Crippen LogP contribution in [0.2, 0.25) is 0 Å². The van der Waals surface area contributed by atoms with Gasteiger partial charge in [-0.3, -0.25) is 9.69 Å². The van der Waals surface area contributed by atoms with Crippen LogP contribution in [0.4, 0.5) is 4.39 Å². The lowest BCUT2D eigenvalue weighted by Gasteiger charge is -2.26. The lowest BCUT2D eigenvalue weighted by molar-refractivity contribution is 0.0773. The second-order valence-electron chi connectivity index (χ2n) is 5.04. The Bertz CT molecular complexity index is 491. The molecule has 1 heterocycles. The van der Waals surface area contributed by atoms with Crippen molar-refractivity contribution in [3.8, 4) is 0 Å². The second-order valence-corrected chi connectivity index (χ2v) is 5.95. The minimum Gasteiger partial charge on any atom is -0.337 e. The fourth-order valence-corrected chi connectivity index (χ4v) is 3.16. The van der Waals surface area contributed by atoms with Gasteiger partial charge in [0, 0.05) is 23.6 Å². The van der Waals surface area contributed by atoms with Crippen LogP contribution in [0.15, 0.2) is 22.7 Å². The van der Waals surface area contributed by atoms with E-state index in [1.165, 1.54) is 6.07 Å². The Kier molecular flexibility index (Phi) is 5.16. The normalized spacial score (nSPS) is 18.9. The van der Waals surface area contributed by atoms with Crippen LogP contribution in [0.5, 0.6) is 0 Å². The highest BCUT2D eigenvalue weighted by Crippen LogP contribution is 2.21. The molecule has 0 spiro atoms. The number of nitrogens with zero attached hydrogens (tertiary/aromatic N) is 2. The lowest BCUT2D eigenvalue weighted by atomic mass is 10.2. The van der Waals surface area contributed by atoms with Crippen molar-refractivity contribution < 1.29 is 9.18 Å². The van der Waals surface area contributed by atoms with Crippen LogP contribution in [0.1, 0.15) is 30.6 Å². The zero-order chi connectivity index (χ0) is 14.7. The number of likely N-dealkylation sites (tertiary alicyclic amines) is 1. The van der Waals surface area contributed by atoms with Crippen molar-refractivity contribution in [1.29, 1.82) is 0 Å². The number of rotatable bonds is 4. The van der Waals surface area contributed by atoms with E-state index in [-0.39, 0.29) is 11.5 Å².